The van der Waals surface area contributed by atoms with Gasteiger partial charge in [0.05, 0.1) is 6.26 Å². The highest BCUT2D eigenvalue weighted by Crippen LogP contribution is 2.10. The first-order valence-corrected chi connectivity index (χ1v) is 6.24. The molecule has 2 heterocycles. The van der Waals surface area contributed by atoms with Crippen molar-refractivity contribution in [3.63, 3.8) is 0 Å². The molecule has 1 aliphatic heterocycles. The van der Waals surface area contributed by atoms with E-state index < -0.39 is 0 Å². The Bertz CT molecular complexity index is 328. The average Bonchev–Trinajstić information content (AvgIpc) is 2.89. The molecule has 2 rings (SSSR count). The number of hydrogen-bond donors (Lipinski definition) is 1. The van der Waals surface area contributed by atoms with Crippen molar-refractivity contribution in [3.05, 3.63) is 24.2 Å². The Morgan fingerprint density at radius 3 is 3.18 bits per heavy atom. The first-order valence-electron chi connectivity index (χ1n) is 6.24. The van der Waals surface area contributed by atoms with E-state index in [1.165, 1.54) is 25.5 Å². The van der Waals surface area contributed by atoms with E-state index in [1.807, 2.05) is 0 Å². The summed E-state index contributed by atoms with van der Waals surface area (Å²) in [5.41, 5.74) is 0. The molecule has 0 aliphatic carbocycles. The van der Waals surface area contributed by atoms with Gasteiger partial charge in [-0.25, -0.2) is 0 Å². The molecule has 4 nitrogen and oxygen atoms in total. The van der Waals surface area contributed by atoms with E-state index in [4.69, 9.17) is 9.15 Å². The molecule has 94 valence electrons. The number of nitrogens with one attached hydrogen (secondary N) is 1. The van der Waals surface area contributed by atoms with Crippen LogP contribution in [0.3, 0.4) is 0 Å². The van der Waals surface area contributed by atoms with Gasteiger partial charge < -0.3 is 14.5 Å². The Hall–Kier alpha value is -1.13. The largest absolute Gasteiger partial charge is 0.461 e. The van der Waals surface area contributed by atoms with E-state index >= 15 is 0 Å². The van der Waals surface area contributed by atoms with Crippen LogP contribution in [0.5, 0.6) is 0 Å². The van der Waals surface area contributed by atoms with Crippen molar-refractivity contribution in [1.29, 1.82) is 0 Å². The van der Waals surface area contributed by atoms with Crippen molar-refractivity contribution in [2.45, 2.75) is 31.7 Å². The van der Waals surface area contributed by atoms with E-state index in [9.17, 15) is 4.79 Å². The third kappa shape index (κ3) is 3.98. The van der Waals surface area contributed by atoms with E-state index in [0.717, 1.165) is 13.0 Å². The Kier molecular flexibility index (Phi) is 4.76. The van der Waals surface area contributed by atoms with Crippen LogP contribution in [-0.2, 0) is 4.74 Å². The summed E-state index contributed by atoms with van der Waals surface area (Å²) in [6, 6.07) is 3.93. The summed E-state index contributed by atoms with van der Waals surface area (Å²) in [5.74, 6) is 0.285. The lowest BCUT2D eigenvalue weighted by molar-refractivity contribution is 0.0710. The van der Waals surface area contributed by atoms with Crippen LogP contribution in [0.4, 0.5) is 0 Å². The molecule has 0 bridgehead atoms. The van der Waals surface area contributed by atoms with E-state index in [2.05, 4.69) is 5.32 Å². The normalized spacial score (nSPS) is 20.4. The molecule has 1 atom stereocenters. The lowest BCUT2D eigenvalue weighted by Gasteiger charge is -2.23. The summed E-state index contributed by atoms with van der Waals surface area (Å²) in [6.07, 6.45) is 6.26. The topological polar surface area (TPSA) is 51.5 Å². The zero-order valence-electron chi connectivity index (χ0n) is 9.98. The summed E-state index contributed by atoms with van der Waals surface area (Å²) in [7, 11) is 0. The van der Waals surface area contributed by atoms with Gasteiger partial charge in [-0.3, -0.25) is 4.79 Å². The number of furan rings is 1. The van der Waals surface area contributed by atoms with Crippen molar-refractivity contribution < 1.29 is 13.9 Å². The molecule has 0 aromatic carbocycles. The van der Waals surface area contributed by atoms with Crippen molar-refractivity contribution in [1.82, 2.24) is 5.32 Å². The molecule has 1 aromatic rings. The molecular weight excluding hydrogens is 218 g/mol. The van der Waals surface area contributed by atoms with Gasteiger partial charge in [0.25, 0.3) is 0 Å². The fourth-order valence-electron chi connectivity index (χ4n) is 2.07. The van der Waals surface area contributed by atoms with Crippen LogP contribution in [0, 0.1) is 0 Å². The molecule has 4 heteroatoms. The van der Waals surface area contributed by atoms with Crippen molar-refractivity contribution in [3.8, 4) is 0 Å². The van der Waals surface area contributed by atoms with Gasteiger partial charge in [0.15, 0.2) is 5.76 Å². The Balaban J connectivity index is 1.58. The van der Waals surface area contributed by atoms with E-state index in [0.29, 0.717) is 18.4 Å². The third-order valence-corrected chi connectivity index (χ3v) is 3.05. The number of ether oxygens (including phenoxy) is 1. The van der Waals surface area contributed by atoms with Crippen LogP contribution in [0.15, 0.2) is 22.8 Å². The molecule has 1 saturated heterocycles. The quantitative estimate of drug-likeness (QED) is 0.607. The molecule has 1 unspecified atom stereocenters. The first kappa shape index (κ1) is 12.3. The van der Waals surface area contributed by atoms with E-state index in [1.54, 1.807) is 12.1 Å². The van der Waals surface area contributed by atoms with Crippen LogP contribution in [0.1, 0.15) is 36.2 Å². The SMILES string of the molecule is O=C(COCCC1CCCCN1)c1ccco1. The third-order valence-electron chi connectivity index (χ3n) is 3.05. The van der Waals surface area contributed by atoms with Crippen molar-refractivity contribution >= 4 is 5.78 Å². The number of carbonyl (C=O) groups is 1. The first-order chi connectivity index (χ1) is 8.36. The van der Waals surface area contributed by atoms with Gasteiger partial charge in [-0.2, -0.15) is 0 Å². The zero-order valence-corrected chi connectivity index (χ0v) is 9.98. The Morgan fingerprint density at radius 2 is 2.47 bits per heavy atom. The number of hydrogen-bond acceptors (Lipinski definition) is 4. The minimum absolute atomic E-state index is 0.0911. The molecule has 0 radical (unpaired) electrons. The summed E-state index contributed by atoms with van der Waals surface area (Å²) >= 11 is 0. The lowest BCUT2D eigenvalue weighted by Crippen LogP contribution is -2.34. The maximum absolute atomic E-state index is 11.5. The summed E-state index contributed by atoms with van der Waals surface area (Å²) in [5, 5.41) is 3.45. The second-order valence-corrected chi connectivity index (χ2v) is 4.39. The Labute approximate surface area is 101 Å². The zero-order chi connectivity index (χ0) is 11.9. The maximum atomic E-state index is 11.5. The molecule has 0 amide bonds. The molecule has 1 fully saturated rings. The number of ketones is 1. The highest BCUT2D eigenvalue weighted by molar-refractivity contribution is 5.94. The Morgan fingerprint density at radius 1 is 1.53 bits per heavy atom. The second kappa shape index (κ2) is 6.57. The molecule has 0 saturated carbocycles. The average molecular weight is 237 g/mol. The number of Topliss-reactive ketones (excluding diaryl/α,β-unsaturated/α-hetero) is 1. The minimum Gasteiger partial charge on any atom is -0.461 e. The van der Waals surface area contributed by atoms with Crippen molar-refractivity contribution in [2.75, 3.05) is 19.8 Å². The van der Waals surface area contributed by atoms with Gasteiger partial charge in [-0.05, 0) is 37.9 Å². The van der Waals surface area contributed by atoms with Gasteiger partial charge in [0.2, 0.25) is 5.78 Å². The molecule has 17 heavy (non-hydrogen) atoms. The van der Waals surface area contributed by atoms with Gasteiger partial charge in [-0.15, -0.1) is 0 Å². The number of rotatable bonds is 6. The molecule has 1 aliphatic rings. The summed E-state index contributed by atoms with van der Waals surface area (Å²) in [6.45, 7) is 1.85. The van der Waals surface area contributed by atoms with Crippen molar-refractivity contribution in [2.24, 2.45) is 0 Å². The van der Waals surface area contributed by atoms with Gasteiger partial charge >= 0.3 is 0 Å². The van der Waals surface area contributed by atoms with Gasteiger partial charge in [0, 0.05) is 12.6 Å². The van der Waals surface area contributed by atoms with Crippen LogP contribution in [0.2, 0.25) is 0 Å². The smallest absolute Gasteiger partial charge is 0.223 e. The lowest BCUT2D eigenvalue weighted by atomic mass is 10.0. The molecule has 0 spiro atoms. The number of carbonyl (C=O) groups excluding carboxylic acids is 1. The van der Waals surface area contributed by atoms with Crippen LogP contribution in [0.25, 0.3) is 0 Å². The second-order valence-electron chi connectivity index (χ2n) is 4.39. The van der Waals surface area contributed by atoms with Crippen LogP contribution >= 0.6 is 0 Å². The van der Waals surface area contributed by atoms with E-state index in [-0.39, 0.29) is 12.4 Å². The molecule has 1 aromatic heterocycles. The molecule has 1 N–H and O–H groups in total. The predicted molar refractivity (Wildman–Crippen MR) is 64.1 cm³/mol. The monoisotopic (exact) mass is 237 g/mol. The maximum Gasteiger partial charge on any atom is 0.223 e. The van der Waals surface area contributed by atoms with Gasteiger partial charge in [-0.1, -0.05) is 6.42 Å². The van der Waals surface area contributed by atoms with Gasteiger partial charge in [0.1, 0.15) is 6.61 Å². The van der Waals surface area contributed by atoms with Crippen LogP contribution < -0.4 is 5.32 Å². The predicted octanol–water partition coefficient (Wildman–Crippen LogP) is 2.01. The fraction of sp³-hybridized carbons (Fsp3) is 0.615. The number of piperidine rings is 1. The minimum atomic E-state index is -0.0911. The summed E-state index contributed by atoms with van der Waals surface area (Å²) < 4.78 is 10.4. The highest BCUT2D eigenvalue weighted by Gasteiger charge is 2.13. The fourth-order valence-corrected chi connectivity index (χ4v) is 2.07. The highest BCUT2D eigenvalue weighted by atomic mass is 16.5. The summed E-state index contributed by atoms with van der Waals surface area (Å²) in [4.78, 5) is 11.5. The van der Waals surface area contributed by atoms with Crippen LogP contribution in [-0.4, -0.2) is 31.6 Å². The molecular formula is C13H19NO3. The standard InChI is InChI=1S/C13H19NO3/c15-12(13-5-3-8-17-13)10-16-9-6-11-4-1-2-7-14-11/h3,5,8,11,14H,1-2,4,6-7,9-10H2.